The third kappa shape index (κ3) is 1.53. The van der Waals surface area contributed by atoms with Gasteiger partial charge in [-0.05, 0) is 23.1 Å². The number of hydrogen-bond donors (Lipinski definition) is 0. The summed E-state index contributed by atoms with van der Waals surface area (Å²) in [7, 11) is 3.24. The smallest absolute Gasteiger partial charge is 0.194 e. The SMILES string of the molecule is COc1ccc2ccc3c(c2c1OC)-c1ccccc1C3=O. The zero-order valence-electron chi connectivity index (χ0n) is 12.3. The van der Waals surface area contributed by atoms with E-state index in [-0.39, 0.29) is 5.78 Å². The van der Waals surface area contributed by atoms with Crippen molar-refractivity contribution in [3.05, 3.63) is 59.7 Å². The van der Waals surface area contributed by atoms with Crippen LogP contribution >= 0.6 is 0 Å². The van der Waals surface area contributed by atoms with Crippen molar-refractivity contribution in [2.75, 3.05) is 14.2 Å². The molecule has 1 aliphatic carbocycles. The zero-order chi connectivity index (χ0) is 15.3. The minimum Gasteiger partial charge on any atom is -0.493 e. The molecule has 3 aromatic rings. The van der Waals surface area contributed by atoms with Gasteiger partial charge in [0.25, 0.3) is 0 Å². The first-order chi connectivity index (χ1) is 10.8. The molecular formula is C19H14O3. The van der Waals surface area contributed by atoms with Gasteiger partial charge in [-0.3, -0.25) is 4.79 Å². The minimum atomic E-state index is 0.0670. The summed E-state index contributed by atoms with van der Waals surface area (Å²) in [5, 5.41) is 1.96. The zero-order valence-corrected chi connectivity index (χ0v) is 12.3. The van der Waals surface area contributed by atoms with Crippen LogP contribution in [-0.2, 0) is 0 Å². The molecule has 0 aromatic heterocycles. The van der Waals surface area contributed by atoms with Gasteiger partial charge in [-0.1, -0.05) is 36.4 Å². The summed E-state index contributed by atoms with van der Waals surface area (Å²) >= 11 is 0. The second-order valence-electron chi connectivity index (χ2n) is 5.26. The molecule has 0 heterocycles. The predicted molar refractivity (Wildman–Crippen MR) is 85.9 cm³/mol. The lowest BCUT2D eigenvalue weighted by Gasteiger charge is -2.14. The molecule has 0 fully saturated rings. The Kier molecular flexibility index (Phi) is 2.70. The average Bonchev–Trinajstić information content (AvgIpc) is 2.87. The van der Waals surface area contributed by atoms with Crippen molar-refractivity contribution in [2.24, 2.45) is 0 Å². The Bertz CT molecular complexity index is 925. The molecular weight excluding hydrogens is 276 g/mol. The highest BCUT2D eigenvalue weighted by molar-refractivity contribution is 6.26. The van der Waals surface area contributed by atoms with E-state index in [2.05, 4.69) is 0 Å². The number of benzene rings is 3. The molecule has 0 saturated heterocycles. The van der Waals surface area contributed by atoms with Crippen LogP contribution in [0.5, 0.6) is 11.5 Å². The van der Waals surface area contributed by atoms with Crippen molar-refractivity contribution in [3.63, 3.8) is 0 Å². The summed E-state index contributed by atoms with van der Waals surface area (Å²) in [6.45, 7) is 0. The highest BCUT2D eigenvalue weighted by Gasteiger charge is 2.29. The average molecular weight is 290 g/mol. The van der Waals surface area contributed by atoms with E-state index in [0.29, 0.717) is 11.5 Å². The number of rotatable bonds is 2. The van der Waals surface area contributed by atoms with Crippen LogP contribution in [-0.4, -0.2) is 20.0 Å². The third-order valence-electron chi connectivity index (χ3n) is 4.21. The number of carbonyl (C=O) groups excluding carboxylic acids is 1. The molecule has 0 atom stereocenters. The minimum absolute atomic E-state index is 0.0670. The maximum absolute atomic E-state index is 12.6. The van der Waals surface area contributed by atoms with Crippen molar-refractivity contribution < 1.29 is 14.3 Å². The fraction of sp³-hybridized carbons (Fsp3) is 0.105. The number of ether oxygens (including phenoxy) is 2. The standard InChI is InChI=1S/C19H14O3/c1-21-15-10-8-11-7-9-14-17(16(11)19(15)22-2)12-5-3-4-6-13(12)18(14)20/h3-10H,1-2H3. The molecule has 0 spiro atoms. The van der Waals surface area contributed by atoms with Gasteiger partial charge in [-0.2, -0.15) is 0 Å². The van der Waals surface area contributed by atoms with Gasteiger partial charge in [0.2, 0.25) is 0 Å². The van der Waals surface area contributed by atoms with Crippen LogP contribution in [0.1, 0.15) is 15.9 Å². The molecule has 3 heteroatoms. The van der Waals surface area contributed by atoms with Crippen LogP contribution in [0.25, 0.3) is 21.9 Å². The van der Waals surface area contributed by atoms with Crippen LogP contribution in [0.2, 0.25) is 0 Å². The molecule has 0 aliphatic heterocycles. The van der Waals surface area contributed by atoms with E-state index < -0.39 is 0 Å². The van der Waals surface area contributed by atoms with E-state index in [1.165, 1.54) is 0 Å². The molecule has 0 saturated carbocycles. The van der Waals surface area contributed by atoms with Crippen molar-refractivity contribution in [2.45, 2.75) is 0 Å². The number of methoxy groups -OCH3 is 2. The van der Waals surface area contributed by atoms with E-state index in [4.69, 9.17) is 9.47 Å². The quantitative estimate of drug-likeness (QED) is 0.558. The molecule has 0 amide bonds. The first-order valence-corrected chi connectivity index (χ1v) is 7.08. The number of fused-ring (bicyclic) bond motifs is 5. The van der Waals surface area contributed by atoms with Gasteiger partial charge in [-0.25, -0.2) is 0 Å². The van der Waals surface area contributed by atoms with Crippen LogP contribution in [0.3, 0.4) is 0 Å². The second-order valence-corrected chi connectivity index (χ2v) is 5.26. The van der Waals surface area contributed by atoms with E-state index in [1.807, 2.05) is 48.5 Å². The van der Waals surface area contributed by atoms with Crippen molar-refractivity contribution in [3.8, 4) is 22.6 Å². The summed E-state index contributed by atoms with van der Waals surface area (Å²) in [4.78, 5) is 12.6. The molecule has 3 nitrogen and oxygen atoms in total. The summed E-state index contributed by atoms with van der Waals surface area (Å²) < 4.78 is 11.0. The third-order valence-corrected chi connectivity index (χ3v) is 4.21. The summed E-state index contributed by atoms with van der Waals surface area (Å²) in [6.07, 6.45) is 0. The Balaban J connectivity index is 2.21. The molecule has 108 valence electrons. The van der Waals surface area contributed by atoms with Gasteiger partial charge in [0, 0.05) is 22.1 Å². The molecule has 22 heavy (non-hydrogen) atoms. The van der Waals surface area contributed by atoms with Gasteiger partial charge >= 0.3 is 0 Å². The highest BCUT2D eigenvalue weighted by atomic mass is 16.5. The van der Waals surface area contributed by atoms with E-state index in [0.717, 1.165) is 33.0 Å². The summed E-state index contributed by atoms with van der Waals surface area (Å²) in [6, 6.07) is 15.4. The molecule has 0 unspecified atom stereocenters. The highest BCUT2D eigenvalue weighted by Crippen LogP contribution is 2.47. The fourth-order valence-corrected chi connectivity index (χ4v) is 3.24. The van der Waals surface area contributed by atoms with Gasteiger partial charge in [0.15, 0.2) is 17.3 Å². The van der Waals surface area contributed by atoms with Gasteiger partial charge in [-0.15, -0.1) is 0 Å². The number of hydrogen-bond acceptors (Lipinski definition) is 3. The maximum atomic E-state index is 12.6. The van der Waals surface area contributed by atoms with Crippen LogP contribution < -0.4 is 9.47 Å². The number of ketones is 1. The lowest BCUT2D eigenvalue weighted by atomic mass is 9.96. The van der Waals surface area contributed by atoms with Gasteiger partial charge in [0.1, 0.15) is 0 Å². The van der Waals surface area contributed by atoms with Crippen molar-refractivity contribution in [1.29, 1.82) is 0 Å². The second kappa shape index (κ2) is 4.60. The fourth-order valence-electron chi connectivity index (χ4n) is 3.24. The van der Waals surface area contributed by atoms with Crippen LogP contribution in [0, 0.1) is 0 Å². The topological polar surface area (TPSA) is 35.5 Å². The molecule has 3 aromatic carbocycles. The summed E-state index contributed by atoms with van der Waals surface area (Å²) in [5.74, 6) is 1.40. The van der Waals surface area contributed by atoms with Gasteiger partial charge in [0.05, 0.1) is 14.2 Å². The van der Waals surface area contributed by atoms with E-state index in [9.17, 15) is 4.79 Å². The van der Waals surface area contributed by atoms with Crippen molar-refractivity contribution >= 4 is 16.6 Å². The van der Waals surface area contributed by atoms with E-state index in [1.54, 1.807) is 14.2 Å². The maximum Gasteiger partial charge on any atom is 0.194 e. The summed E-state index contributed by atoms with van der Waals surface area (Å²) in [5.41, 5.74) is 3.36. The largest absolute Gasteiger partial charge is 0.493 e. The number of carbonyl (C=O) groups is 1. The van der Waals surface area contributed by atoms with E-state index >= 15 is 0 Å². The van der Waals surface area contributed by atoms with Crippen LogP contribution in [0.15, 0.2) is 48.5 Å². The Morgan fingerprint density at radius 2 is 1.50 bits per heavy atom. The molecule has 0 N–H and O–H groups in total. The molecule has 1 aliphatic rings. The lowest BCUT2D eigenvalue weighted by molar-refractivity contribution is 0.104. The molecule has 0 radical (unpaired) electrons. The first-order valence-electron chi connectivity index (χ1n) is 7.08. The molecule has 0 bridgehead atoms. The monoisotopic (exact) mass is 290 g/mol. The first kappa shape index (κ1) is 12.9. The van der Waals surface area contributed by atoms with Crippen LogP contribution in [0.4, 0.5) is 0 Å². The predicted octanol–water partition coefficient (Wildman–Crippen LogP) is 4.07. The Morgan fingerprint density at radius 1 is 0.773 bits per heavy atom. The normalized spacial score (nSPS) is 12.2. The Hall–Kier alpha value is -2.81. The lowest BCUT2D eigenvalue weighted by Crippen LogP contribution is -1.96. The van der Waals surface area contributed by atoms with Crippen molar-refractivity contribution in [1.82, 2.24) is 0 Å². The Labute approximate surface area is 128 Å². The molecule has 4 rings (SSSR count). The Morgan fingerprint density at radius 3 is 2.23 bits per heavy atom. The van der Waals surface area contributed by atoms with Gasteiger partial charge < -0.3 is 9.47 Å².